The maximum Gasteiger partial charge on any atom is 0.240 e. The minimum absolute atomic E-state index is 0.130. The number of rotatable bonds is 4. The Morgan fingerprint density at radius 1 is 1.50 bits per heavy atom. The molecule has 0 aliphatic carbocycles. The Morgan fingerprint density at radius 3 is 2.75 bits per heavy atom. The fourth-order valence-corrected chi connectivity index (χ4v) is 2.34. The van der Waals surface area contributed by atoms with Gasteiger partial charge in [-0.3, -0.25) is 0 Å². The summed E-state index contributed by atoms with van der Waals surface area (Å²) in [7, 11) is -3.52. The van der Waals surface area contributed by atoms with Gasteiger partial charge >= 0.3 is 0 Å². The highest BCUT2D eigenvalue weighted by atomic mass is 79.9. The van der Waals surface area contributed by atoms with E-state index in [2.05, 4.69) is 26.6 Å². The number of nitrogen functional groups attached to an aromatic ring is 1. The van der Waals surface area contributed by atoms with Gasteiger partial charge in [0.05, 0.1) is 4.90 Å². The molecule has 0 aromatic heterocycles. The van der Waals surface area contributed by atoms with Crippen LogP contribution in [0.2, 0.25) is 0 Å². The fraction of sp³-hybridized carbons (Fsp3) is 0.200. The van der Waals surface area contributed by atoms with Crippen LogP contribution < -0.4 is 10.5 Å². The van der Waals surface area contributed by atoms with Gasteiger partial charge in [0, 0.05) is 23.1 Å². The maximum absolute atomic E-state index is 11.7. The van der Waals surface area contributed by atoms with E-state index in [1.54, 1.807) is 6.07 Å². The van der Waals surface area contributed by atoms with Gasteiger partial charge in [0.1, 0.15) is 0 Å². The van der Waals surface area contributed by atoms with E-state index in [0.717, 1.165) is 0 Å². The summed E-state index contributed by atoms with van der Waals surface area (Å²) in [6.07, 6.45) is 5.38. The Morgan fingerprint density at radius 2 is 2.19 bits per heavy atom. The van der Waals surface area contributed by atoms with Crippen molar-refractivity contribution in [2.24, 2.45) is 0 Å². The zero-order valence-corrected chi connectivity index (χ0v) is 10.8. The molecule has 0 heterocycles. The Bertz CT molecular complexity index is 520. The Hall–Kier alpha value is -1.03. The summed E-state index contributed by atoms with van der Waals surface area (Å²) in [6, 6.07) is 4.45. The van der Waals surface area contributed by atoms with Gasteiger partial charge in [-0.1, -0.05) is 0 Å². The molecular weight excluding hydrogens is 292 g/mol. The van der Waals surface area contributed by atoms with E-state index in [4.69, 9.17) is 12.2 Å². The molecule has 6 heteroatoms. The first-order chi connectivity index (χ1) is 7.47. The number of terminal acetylenes is 1. The number of nitrogens with two attached hydrogens (primary N) is 1. The summed E-state index contributed by atoms with van der Waals surface area (Å²) < 4.78 is 26.5. The quantitative estimate of drug-likeness (QED) is 0.501. The smallest absolute Gasteiger partial charge is 0.240 e. The van der Waals surface area contributed by atoms with Gasteiger partial charge in [-0.25, -0.2) is 13.1 Å². The van der Waals surface area contributed by atoms with Crippen LogP contribution in [0.5, 0.6) is 0 Å². The van der Waals surface area contributed by atoms with Crippen molar-refractivity contribution in [3.8, 4) is 12.3 Å². The first kappa shape index (κ1) is 13.0. The molecule has 1 rings (SSSR count). The highest BCUT2D eigenvalue weighted by Crippen LogP contribution is 2.22. The topological polar surface area (TPSA) is 72.2 Å². The predicted octanol–water partition coefficient (Wildman–Crippen LogP) is 1.33. The maximum atomic E-state index is 11.7. The van der Waals surface area contributed by atoms with Crippen molar-refractivity contribution in [3.05, 3.63) is 22.7 Å². The summed E-state index contributed by atoms with van der Waals surface area (Å²) in [5, 5.41) is 0. The molecule has 1 aromatic rings. The average molecular weight is 303 g/mol. The SMILES string of the molecule is C#CCCNS(=O)(=O)c1ccc(Br)c(N)c1. The summed E-state index contributed by atoms with van der Waals surface area (Å²) in [5.74, 6) is 2.35. The molecule has 0 atom stereocenters. The molecule has 0 aliphatic heterocycles. The van der Waals surface area contributed by atoms with Gasteiger partial charge in [-0.15, -0.1) is 12.3 Å². The number of hydrogen-bond donors (Lipinski definition) is 2. The number of benzene rings is 1. The van der Waals surface area contributed by atoms with Crippen LogP contribution in [0.1, 0.15) is 6.42 Å². The van der Waals surface area contributed by atoms with Crippen LogP contribution in [0.25, 0.3) is 0 Å². The Balaban J connectivity index is 2.91. The molecule has 86 valence electrons. The highest BCUT2D eigenvalue weighted by molar-refractivity contribution is 9.10. The first-order valence-corrected chi connectivity index (χ1v) is 6.73. The van der Waals surface area contributed by atoms with Gasteiger partial charge in [0.25, 0.3) is 0 Å². The number of sulfonamides is 1. The molecule has 0 saturated carbocycles. The Labute approximate surface area is 103 Å². The third-order valence-electron chi connectivity index (χ3n) is 1.84. The lowest BCUT2D eigenvalue weighted by Gasteiger charge is -2.06. The van der Waals surface area contributed by atoms with Gasteiger partial charge in [0.15, 0.2) is 0 Å². The lowest BCUT2D eigenvalue weighted by molar-refractivity contribution is 0.582. The second-order valence-corrected chi connectivity index (χ2v) is 5.66. The molecule has 0 aliphatic rings. The van der Waals surface area contributed by atoms with Crippen molar-refractivity contribution in [1.82, 2.24) is 4.72 Å². The number of anilines is 1. The summed E-state index contributed by atoms with van der Waals surface area (Å²) in [6.45, 7) is 0.217. The van der Waals surface area contributed by atoms with Crippen LogP contribution >= 0.6 is 15.9 Å². The van der Waals surface area contributed by atoms with Crippen LogP contribution in [0.3, 0.4) is 0 Å². The van der Waals surface area contributed by atoms with Crippen LogP contribution in [0.15, 0.2) is 27.6 Å². The zero-order valence-electron chi connectivity index (χ0n) is 8.40. The predicted molar refractivity (Wildman–Crippen MR) is 67.2 cm³/mol. The molecule has 3 N–H and O–H groups in total. The van der Waals surface area contributed by atoms with Crippen molar-refractivity contribution in [1.29, 1.82) is 0 Å². The fourth-order valence-electron chi connectivity index (χ4n) is 1.03. The number of halogens is 1. The molecule has 0 amide bonds. The molecule has 4 nitrogen and oxygen atoms in total. The van der Waals surface area contributed by atoms with Crippen molar-refractivity contribution in [3.63, 3.8) is 0 Å². The largest absolute Gasteiger partial charge is 0.398 e. The third kappa shape index (κ3) is 3.23. The molecule has 0 radical (unpaired) electrons. The summed E-state index contributed by atoms with van der Waals surface area (Å²) in [4.78, 5) is 0.130. The van der Waals surface area contributed by atoms with E-state index in [0.29, 0.717) is 16.6 Å². The lowest BCUT2D eigenvalue weighted by Crippen LogP contribution is -2.24. The first-order valence-electron chi connectivity index (χ1n) is 4.45. The van der Waals surface area contributed by atoms with Gasteiger partial charge in [-0.2, -0.15) is 0 Å². The minimum Gasteiger partial charge on any atom is -0.398 e. The van der Waals surface area contributed by atoms with E-state index in [1.807, 2.05) is 0 Å². The second-order valence-electron chi connectivity index (χ2n) is 3.04. The molecule has 16 heavy (non-hydrogen) atoms. The van der Waals surface area contributed by atoms with Gasteiger partial charge in [0.2, 0.25) is 10.0 Å². The van der Waals surface area contributed by atoms with E-state index >= 15 is 0 Å². The number of nitrogens with one attached hydrogen (secondary N) is 1. The molecule has 0 saturated heterocycles. The van der Waals surface area contributed by atoms with Crippen LogP contribution in [0, 0.1) is 12.3 Å². The highest BCUT2D eigenvalue weighted by Gasteiger charge is 2.13. The van der Waals surface area contributed by atoms with Crippen molar-refractivity contribution in [2.75, 3.05) is 12.3 Å². The molecule has 0 fully saturated rings. The van der Waals surface area contributed by atoms with Crippen molar-refractivity contribution < 1.29 is 8.42 Å². The van der Waals surface area contributed by atoms with E-state index in [1.165, 1.54) is 12.1 Å². The summed E-state index contributed by atoms with van der Waals surface area (Å²) in [5.41, 5.74) is 5.98. The van der Waals surface area contributed by atoms with E-state index in [9.17, 15) is 8.42 Å². The monoisotopic (exact) mass is 302 g/mol. The number of hydrogen-bond acceptors (Lipinski definition) is 3. The van der Waals surface area contributed by atoms with Crippen molar-refractivity contribution >= 4 is 31.6 Å². The summed E-state index contributed by atoms with van der Waals surface area (Å²) >= 11 is 3.19. The average Bonchev–Trinajstić information content (AvgIpc) is 2.22. The normalized spacial score (nSPS) is 11.0. The molecule has 1 aromatic carbocycles. The van der Waals surface area contributed by atoms with Crippen molar-refractivity contribution in [2.45, 2.75) is 11.3 Å². The van der Waals surface area contributed by atoms with Crippen LogP contribution in [0.4, 0.5) is 5.69 Å². The molecule has 0 unspecified atom stereocenters. The third-order valence-corrected chi connectivity index (χ3v) is 4.02. The van der Waals surface area contributed by atoms with E-state index < -0.39 is 10.0 Å². The van der Waals surface area contributed by atoms with Crippen LogP contribution in [-0.4, -0.2) is 15.0 Å². The molecule has 0 spiro atoms. The van der Waals surface area contributed by atoms with E-state index in [-0.39, 0.29) is 11.4 Å². The molecule has 0 bridgehead atoms. The second kappa shape index (κ2) is 5.34. The standard InChI is InChI=1S/C10H11BrN2O2S/c1-2-3-6-13-16(14,15)8-4-5-9(11)10(12)7-8/h1,4-5,7,13H,3,6,12H2. The van der Waals surface area contributed by atoms with Gasteiger partial charge in [-0.05, 0) is 34.1 Å². The zero-order chi connectivity index (χ0) is 12.2. The van der Waals surface area contributed by atoms with Gasteiger partial charge < -0.3 is 5.73 Å². The Kier molecular flexibility index (Phi) is 4.35. The van der Waals surface area contributed by atoms with Crippen LogP contribution in [-0.2, 0) is 10.0 Å². The molecular formula is C10H11BrN2O2S. The lowest BCUT2D eigenvalue weighted by atomic mass is 10.3. The minimum atomic E-state index is -3.52.